The topological polar surface area (TPSA) is 79.5 Å². The molecule has 2 aromatic rings. The smallest absolute Gasteiger partial charge is 0.345 e. The van der Waals surface area contributed by atoms with Gasteiger partial charge in [0.05, 0.1) is 0 Å². The third kappa shape index (κ3) is 7.30. The van der Waals surface area contributed by atoms with Crippen molar-refractivity contribution in [3.8, 4) is 0 Å². The van der Waals surface area contributed by atoms with E-state index in [-0.39, 0.29) is 29.7 Å². The zero-order chi connectivity index (χ0) is 22.2. The van der Waals surface area contributed by atoms with E-state index in [0.717, 1.165) is 63.6 Å². The van der Waals surface area contributed by atoms with Crippen LogP contribution in [0.4, 0.5) is 0 Å². The number of nitrogens with zero attached hydrogens (tertiary/aromatic N) is 5. The normalized spacial score (nSPS) is 16.7. The van der Waals surface area contributed by atoms with Gasteiger partial charge in [0.1, 0.15) is 5.82 Å². The van der Waals surface area contributed by atoms with Gasteiger partial charge in [0.15, 0.2) is 5.96 Å². The Morgan fingerprint density at radius 3 is 2.45 bits per heavy atom. The van der Waals surface area contributed by atoms with Crippen LogP contribution in [0.1, 0.15) is 55.5 Å². The summed E-state index contributed by atoms with van der Waals surface area (Å²) in [6, 6.07) is 8.88. The lowest BCUT2D eigenvalue weighted by molar-refractivity contribution is 0.221. The van der Waals surface area contributed by atoms with E-state index < -0.39 is 0 Å². The van der Waals surface area contributed by atoms with Gasteiger partial charge in [-0.05, 0) is 56.3 Å². The van der Waals surface area contributed by atoms with Crippen LogP contribution in [0.3, 0.4) is 0 Å². The molecule has 0 atom stereocenters. The van der Waals surface area contributed by atoms with E-state index in [1.807, 2.05) is 4.57 Å². The second kappa shape index (κ2) is 13.1. The Labute approximate surface area is 213 Å². The fourth-order valence-corrected chi connectivity index (χ4v) is 4.57. The van der Waals surface area contributed by atoms with E-state index in [2.05, 4.69) is 49.9 Å². The van der Waals surface area contributed by atoms with Crippen molar-refractivity contribution in [2.45, 2.75) is 71.1 Å². The molecular weight excluding hydrogens is 529 g/mol. The number of fused-ring (bicyclic) bond motifs is 1. The van der Waals surface area contributed by atoms with Crippen LogP contribution >= 0.6 is 24.0 Å². The van der Waals surface area contributed by atoms with Crippen LogP contribution in [0.2, 0.25) is 0 Å². The number of guanidine groups is 1. The van der Waals surface area contributed by atoms with Crippen molar-refractivity contribution in [2.75, 3.05) is 26.7 Å². The molecule has 2 aliphatic heterocycles. The summed E-state index contributed by atoms with van der Waals surface area (Å²) in [6.07, 6.45) is 7.97. The van der Waals surface area contributed by atoms with Gasteiger partial charge in [-0.15, -0.1) is 24.0 Å². The molecule has 0 amide bonds. The van der Waals surface area contributed by atoms with Crippen LogP contribution < -0.4 is 16.3 Å². The van der Waals surface area contributed by atoms with Gasteiger partial charge in [-0.1, -0.05) is 30.7 Å². The van der Waals surface area contributed by atoms with Gasteiger partial charge in [-0.2, -0.15) is 5.10 Å². The summed E-state index contributed by atoms with van der Waals surface area (Å²) in [7, 11) is 1.78. The zero-order valence-electron chi connectivity index (χ0n) is 19.8. The molecule has 0 bridgehead atoms. The first kappa shape index (κ1) is 25.7. The molecule has 1 fully saturated rings. The molecule has 2 aliphatic rings. The molecule has 8 nitrogen and oxygen atoms in total. The Balaban J connectivity index is 0.00000306. The SMILES string of the molecule is CN=C(NCCCn1nc2n(c1=O)CCCC2)NCc1ccc(CN2CCCCC2)cc1.I. The second-order valence-electron chi connectivity index (χ2n) is 8.89. The van der Waals surface area contributed by atoms with Crippen LogP contribution in [0.15, 0.2) is 34.1 Å². The third-order valence-corrected chi connectivity index (χ3v) is 6.43. The van der Waals surface area contributed by atoms with E-state index in [4.69, 9.17) is 0 Å². The van der Waals surface area contributed by atoms with Crippen LogP contribution in [-0.2, 0) is 32.6 Å². The first-order chi connectivity index (χ1) is 15.7. The summed E-state index contributed by atoms with van der Waals surface area (Å²) in [5, 5.41) is 11.2. The first-order valence-electron chi connectivity index (χ1n) is 12.1. The lowest BCUT2D eigenvalue weighted by Gasteiger charge is -2.26. The Morgan fingerprint density at radius 2 is 1.73 bits per heavy atom. The van der Waals surface area contributed by atoms with E-state index in [1.165, 1.54) is 43.5 Å². The highest BCUT2D eigenvalue weighted by Crippen LogP contribution is 2.13. The molecule has 0 saturated carbocycles. The molecule has 0 unspecified atom stereocenters. The molecule has 1 aromatic carbocycles. The maximum Gasteiger partial charge on any atom is 0.345 e. The Kier molecular flexibility index (Phi) is 10.2. The lowest BCUT2D eigenvalue weighted by atomic mass is 10.1. The summed E-state index contributed by atoms with van der Waals surface area (Å²) in [4.78, 5) is 19.3. The summed E-state index contributed by atoms with van der Waals surface area (Å²) in [6.45, 7) is 6.41. The first-order valence-corrected chi connectivity index (χ1v) is 12.1. The Morgan fingerprint density at radius 1 is 1.00 bits per heavy atom. The molecular formula is C24H38IN7O. The minimum atomic E-state index is 0. The predicted octanol–water partition coefficient (Wildman–Crippen LogP) is 2.74. The van der Waals surface area contributed by atoms with Crippen molar-refractivity contribution >= 4 is 29.9 Å². The van der Waals surface area contributed by atoms with E-state index >= 15 is 0 Å². The monoisotopic (exact) mass is 567 g/mol. The standard InChI is InChI=1S/C24H37N7O.HI/c1-25-23(26-13-7-17-31-24(32)30-16-6-3-8-22(30)28-31)27-18-20-9-11-21(12-10-20)19-29-14-4-2-5-15-29;/h9-12H,2-8,13-19H2,1H3,(H2,25,26,27);1H. The van der Waals surface area contributed by atoms with Crippen molar-refractivity contribution in [1.82, 2.24) is 29.9 Å². The number of rotatable bonds is 8. The van der Waals surface area contributed by atoms with E-state index in [9.17, 15) is 4.79 Å². The number of piperidine rings is 1. The largest absolute Gasteiger partial charge is 0.356 e. The molecule has 182 valence electrons. The Bertz CT molecular complexity index is 945. The highest BCUT2D eigenvalue weighted by molar-refractivity contribution is 14.0. The summed E-state index contributed by atoms with van der Waals surface area (Å²) < 4.78 is 3.44. The third-order valence-electron chi connectivity index (χ3n) is 6.43. The number of halogens is 1. The van der Waals surface area contributed by atoms with Crippen molar-refractivity contribution in [3.05, 3.63) is 51.7 Å². The molecule has 33 heavy (non-hydrogen) atoms. The fourth-order valence-electron chi connectivity index (χ4n) is 4.57. The number of hydrogen-bond acceptors (Lipinski definition) is 4. The van der Waals surface area contributed by atoms with Crippen molar-refractivity contribution in [2.24, 2.45) is 4.99 Å². The number of benzene rings is 1. The molecule has 3 heterocycles. The number of hydrogen-bond donors (Lipinski definition) is 2. The minimum Gasteiger partial charge on any atom is -0.356 e. The van der Waals surface area contributed by atoms with Crippen LogP contribution in [0.25, 0.3) is 0 Å². The molecule has 0 spiro atoms. The van der Waals surface area contributed by atoms with Gasteiger partial charge in [-0.25, -0.2) is 9.48 Å². The second-order valence-corrected chi connectivity index (χ2v) is 8.89. The highest BCUT2D eigenvalue weighted by Gasteiger charge is 2.16. The molecule has 0 radical (unpaired) electrons. The van der Waals surface area contributed by atoms with Crippen molar-refractivity contribution < 1.29 is 0 Å². The van der Waals surface area contributed by atoms with Gasteiger partial charge in [0.2, 0.25) is 0 Å². The molecule has 9 heteroatoms. The lowest BCUT2D eigenvalue weighted by Crippen LogP contribution is -2.38. The van der Waals surface area contributed by atoms with Gasteiger partial charge >= 0.3 is 5.69 Å². The summed E-state index contributed by atoms with van der Waals surface area (Å²) in [5.41, 5.74) is 2.66. The number of aryl methyl sites for hydroxylation is 2. The molecule has 4 rings (SSSR count). The van der Waals surface area contributed by atoms with Crippen LogP contribution in [-0.4, -0.2) is 51.9 Å². The average molecular weight is 568 g/mol. The number of aromatic nitrogens is 3. The number of likely N-dealkylation sites (tertiary alicyclic amines) is 1. The molecule has 1 saturated heterocycles. The summed E-state index contributed by atoms with van der Waals surface area (Å²) >= 11 is 0. The van der Waals surface area contributed by atoms with E-state index in [0.29, 0.717) is 6.54 Å². The quantitative estimate of drug-likeness (QED) is 0.222. The van der Waals surface area contributed by atoms with Crippen molar-refractivity contribution in [3.63, 3.8) is 0 Å². The Hall–Kier alpha value is -1.88. The van der Waals surface area contributed by atoms with Gasteiger partial charge < -0.3 is 10.6 Å². The fraction of sp³-hybridized carbons (Fsp3) is 0.625. The molecule has 0 aliphatic carbocycles. The van der Waals surface area contributed by atoms with Crippen LogP contribution in [0.5, 0.6) is 0 Å². The highest BCUT2D eigenvalue weighted by atomic mass is 127. The van der Waals surface area contributed by atoms with E-state index in [1.54, 1.807) is 11.7 Å². The summed E-state index contributed by atoms with van der Waals surface area (Å²) in [5.74, 6) is 1.72. The van der Waals surface area contributed by atoms with Gasteiger partial charge in [0, 0.05) is 46.2 Å². The maximum absolute atomic E-state index is 12.4. The molecule has 2 N–H and O–H groups in total. The predicted molar refractivity (Wildman–Crippen MR) is 143 cm³/mol. The van der Waals surface area contributed by atoms with Crippen LogP contribution in [0, 0.1) is 0 Å². The number of aliphatic imine (C=N–C) groups is 1. The maximum atomic E-state index is 12.4. The minimum absolute atomic E-state index is 0. The average Bonchev–Trinajstić information content (AvgIpc) is 3.16. The zero-order valence-corrected chi connectivity index (χ0v) is 22.1. The van der Waals surface area contributed by atoms with Gasteiger partial charge in [-0.3, -0.25) is 14.5 Å². The number of nitrogens with one attached hydrogen (secondary N) is 2. The van der Waals surface area contributed by atoms with Gasteiger partial charge in [0.25, 0.3) is 0 Å². The van der Waals surface area contributed by atoms with Crippen molar-refractivity contribution in [1.29, 1.82) is 0 Å². The molecule has 1 aromatic heterocycles.